The predicted octanol–water partition coefficient (Wildman–Crippen LogP) is 2.20. The van der Waals surface area contributed by atoms with E-state index in [9.17, 15) is 4.79 Å². The first-order valence-corrected chi connectivity index (χ1v) is 6.28. The van der Waals surface area contributed by atoms with Crippen LogP contribution in [0.15, 0.2) is 41.6 Å². The Bertz CT molecular complexity index is 758. The number of imidazole rings is 1. The van der Waals surface area contributed by atoms with Gasteiger partial charge in [0.25, 0.3) is 0 Å². The Morgan fingerprint density at radius 3 is 2.95 bits per heavy atom. The number of rotatable bonds is 3. The van der Waals surface area contributed by atoms with E-state index in [-0.39, 0.29) is 5.69 Å². The molecule has 5 nitrogen and oxygen atoms in total. The monoisotopic (exact) mass is 254 g/mol. The summed E-state index contributed by atoms with van der Waals surface area (Å²) in [6.45, 7) is 2.72. The van der Waals surface area contributed by atoms with Crippen LogP contribution in [0.4, 0.5) is 0 Å². The summed E-state index contributed by atoms with van der Waals surface area (Å²) in [7, 11) is 0. The van der Waals surface area contributed by atoms with Gasteiger partial charge >= 0.3 is 5.69 Å². The molecular formula is C14H14N4O. The number of aryl methyl sites for hydroxylation is 1. The number of aromatic nitrogens is 4. The Morgan fingerprint density at radius 1 is 1.32 bits per heavy atom. The molecule has 0 fully saturated rings. The van der Waals surface area contributed by atoms with Gasteiger partial charge in [-0.3, -0.25) is 9.55 Å². The van der Waals surface area contributed by atoms with Crippen molar-refractivity contribution in [3.05, 3.63) is 47.3 Å². The number of pyridine rings is 2. The average Bonchev–Trinajstić information content (AvgIpc) is 2.76. The van der Waals surface area contributed by atoms with E-state index in [4.69, 9.17) is 0 Å². The van der Waals surface area contributed by atoms with Crippen LogP contribution in [-0.2, 0) is 6.54 Å². The fourth-order valence-electron chi connectivity index (χ4n) is 2.17. The number of fused-ring (bicyclic) bond motifs is 1. The van der Waals surface area contributed by atoms with Crippen LogP contribution in [-0.4, -0.2) is 19.5 Å². The molecule has 0 aromatic carbocycles. The van der Waals surface area contributed by atoms with Crippen molar-refractivity contribution in [2.45, 2.75) is 19.9 Å². The quantitative estimate of drug-likeness (QED) is 0.779. The first-order valence-electron chi connectivity index (χ1n) is 6.28. The fourth-order valence-corrected chi connectivity index (χ4v) is 2.17. The van der Waals surface area contributed by atoms with Gasteiger partial charge in [0.15, 0.2) is 5.65 Å². The van der Waals surface area contributed by atoms with E-state index in [2.05, 4.69) is 15.0 Å². The molecule has 0 aliphatic carbocycles. The van der Waals surface area contributed by atoms with E-state index in [1.165, 1.54) is 0 Å². The number of H-pyrrole nitrogens is 1. The van der Waals surface area contributed by atoms with Gasteiger partial charge in [0.1, 0.15) is 0 Å². The first kappa shape index (κ1) is 11.6. The molecule has 0 aliphatic rings. The van der Waals surface area contributed by atoms with Gasteiger partial charge in [0, 0.05) is 36.3 Å². The smallest absolute Gasteiger partial charge is 0.304 e. The van der Waals surface area contributed by atoms with Crippen LogP contribution in [0, 0.1) is 0 Å². The fraction of sp³-hybridized carbons (Fsp3) is 0.214. The summed E-state index contributed by atoms with van der Waals surface area (Å²) in [5.41, 5.74) is 3.30. The van der Waals surface area contributed by atoms with Crippen molar-refractivity contribution >= 4 is 11.2 Å². The number of nitrogens with zero attached hydrogens (tertiary/aromatic N) is 3. The number of hydrogen-bond donors (Lipinski definition) is 1. The molecule has 0 radical (unpaired) electrons. The maximum atomic E-state index is 11.8. The third-order valence-electron chi connectivity index (χ3n) is 3.05. The average molecular weight is 254 g/mol. The first-order chi connectivity index (χ1) is 9.29. The summed E-state index contributed by atoms with van der Waals surface area (Å²) in [6, 6.07) is 5.79. The molecule has 5 heteroatoms. The topological polar surface area (TPSA) is 63.6 Å². The van der Waals surface area contributed by atoms with Gasteiger partial charge in [-0.1, -0.05) is 13.0 Å². The number of aromatic amines is 1. The Labute approximate surface area is 110 Å². The van der Waals surface area contributed by atoms with Gasteiger partial charge in [-0.2, -0.15) is 0 Å². The molecule has 0 unspecified atom stereocenters. The molecule has 3 aromatic heterocycles. The highest BCUT2D eigenvalue weighted by atomic mass is 16.1. The standard InChI is InChI=1S/C14H14N4O/c1-2-6-18-13-12(17-14(18)19)7-11(9-16-13)10-4-3-5-15-8-10/h3-5,7-9H,2,6H2,1H3,(H,17,19). The van der Waals surface area contributed by atoms with Crippen LogP contribution in [0.1, 0.15) is 13.3 Å². The lowest BCUT2D eigenvalue weighted by atomic mass is 10.1. The van der Waals surface area contributed by atoms with Gasteiger partial charge in [-0.25, -0.2) is 9.78 Å². The molecule has 0 spiro atoms. The zero-order valence-corrected chi connectivity index (χ0v) is 10.6. The molecule has 19 heavy (non-hydrogen) atoms. The summed E-state index contributed by atoms with van der Waals surface area (Å²) >= 11 is 0. The van der Waals surface area contributed by atoms with Crippen LogP contribution in [0.25, 0.3) is 22.3 Å². The molecule has 3 rings (SSSR count). The maximum Gasteiger partial charge on any atom is 0.327 e. The molecule has 0 saturated heterocycles. The van der Waals surface area contributed by atoms with Gasteiger partial charge in [-0.15, -0.1) is 0 Å². The van der Waals surface area contributed by atoms with Crippen LogP contribution < -0.4 is 5.69 Å². The highest BCUT2D eigenvalue weighted by Crippen LogP contribution is 2.20. The van der Waals surface area contributed by atoms with Crippen molar-refractivity contribution in [1.82, 2.24) is 19.5 Å². The third-order valence-corrected chi connectivity index (χ3v) is 3.05. The van der Waals surface area contributed by atoms with Crippen molar-refractivity contribution in [2.24, 2.45) is 0 Å². The highest BCUT2D eigenvalue weighted by Gasteiger charge is 2.08. The lowest BCUT2D eigenvalue weighted by molar-refractivity contribution is 0.669. The van der Waals surface area contributed by atoms with Crippen LogP contribution in [0.2, 0.25) is 0 Å². The van der Waals surface area contributed by atoms with Crippen LogP contribution in [0.5, 0.6) is 0 Å². The molecule has 0 atom stereocenters. The minimum Gasteiger partial charge on any atom is -0.304 e. The largest absolute Gasteiger partial charge is 0.327 e. The van der Waals surface area contributed by atoms with Crippen molar-refractivity contribution in [2.75, 3.05) is 0 Å². The van der Waals surface area contributed by atoms with Gasteiger partial charge in [0.05, 0.1) is 5.52 Å². The molecule has 3 heterocycles. The van der Waals surface area contributed by atoms with Crippen molar-refractivity contribution in [3.63, 3.8) is 0 Å². The van der Waals surface area contributed by atoms with E-state index < -0.39 is 0 Å². The molecule has 0 aliphatic heterocycles. The lowest BCUT2D eigenvalue weighted by Crippen LogP contribution is -2.16. The van der Waals surface area contributed by atoms with Crippen LogP contribution in [0.3, 0.4) is 0 Å². The second-order valence-electron chi connectivity index (χ2n) is 4.42. The summed E-state index contributed by atoms with van der Waals surface area (Å²) in [4.78, 5) is 23.2. The van der Waals surface area contributed by atoms with Crippen molar-refractivity contribution in [3.8, 4) is 11.1 Å². The Balaban J connectivity index is 2.15. The summed E-state index contributed by atoms with van der Waals surface area (Å²) in [6.07, 6.45) is 6.19. The molecule has 1 N–H and O–H groups in total. The lowest BCUT2D eigenvalue weighted by Gasteiger charge is -2.02. The molecule has 96 valence electrons. The van der Waals surface area contributed by atoms with E-state index in [0.29, 0.717) is 12.2 Å². The zero-order chi connectivity index (χ0) is 13.2. The molecular weight excluding hydrogens is 240 g/mol. The Kier molecular flexibility index (Phi) is 2.87. The minimum absolute atomic E-state index is 0.104. The van der Waals surface area contributed by atoms with Gasteiger partial charge < -0.3 is 4.98 Å². The zero-order valence-electron chi connectivity index (χ0n) is 10.6. The molecule has 0 bridgehead atoms. The molecule has 0 saturated carbocycles. The SMILES string of the molecule is CCCn1c(=O)[nH]c2cc(-c3cccnc3)cnc21. The predicted molar refractivity (Wildman–Crippen MR) is 73.9 cm³/mol. The Morgan fingerprint density at radius 2 is 2.21 bits per heavy atom. The normalized spacial score (nSPS) is 11.0. The second kappa shape index (κ2) is 4.68. The van der Waals surface area contributed by atoms with E-state index in [1.807, 2.05) is 25.1 Å². The Hall–Kier alpha value is -2.43. The van der Waals surface area contributed by atoms with Crippen molar-refractivity contribution in [1.29, 1.82) is 0 Å². The third kappa shape index (κ3) is 2.03. The summed E-state index contributed by atoms with van der Waals surface area (Å²) in [5.74, 6) is 0. The summed E-state index contributed by atoms with van der Waals surface area (Å²) < 4.78 is 1.67. The minimum atomic E-state index is -0.104. The van der Waals surface area contributed by atoms with E-state index >= 15 is 0 Å². The van der Waals surface area contributed by atoms with Gasteiger partial charge in [0.2, 0.25) is 0 Å². The second-order valence-corrected chi connectivity index (χ2v) is 4.42. The molecule has 3 aromatic rings. The molecule has 0 amide bonds. The van der Waals surface area contributed by atoms with E-state index in [1.54, 1.807) is 23.2 Å². The number of hydrogen-bond acceptors (Lipinski definition) is 3. The van der Waals surface area contributed by atoms with Crippen LogP contribution >= 0.6 is 0 Å². The highest BCUT2D eigenvalue weighted by molar-refractivity contribution is 5.77. The summed E-state index contributed by atoms with van der Waals surface area (Å²) in [5, 5.41) is 0. The van der Waals surface area contributed by atoms with Crippen molar-refractivity contribution < 1.29 is 0 Å². The van der Waals surface area contributed by atoms with Gasteiger partial charge in [-0.05, 0) is 18.6 Å². The maximum absolute atomic E-state index is 11.8. The van der Waals surface area contributed by atoms with E-state index in [0.717, 1.165) is 23.1 Å². The number of nitrogens with one attached hydrogen (secondary N) is 1.